The van der Waals surface area contributed by atoms with Crippen molar-refractivity contribution in [2.45, 2.75) is 120 Å². The first-order valence-corrected chi connectivity index (χ1v) is 18.3. The summed E-state index contributed by atoms with van der Waals surface area (Å²) in [4.78, 5) is 37.9. The molecule has 3 aromatic rings. The third kappa shape index (κ3) is 13.5. The van der Waals surface area contributed by atoms with Crippen LogP contribution < -0.4 is 10.2 Å². The molecule has 1 heterocycles. The summed E-state index contributed by atoms with van der Waals surface area (Å²) in [6, 6.07) is 18.2. The Morgan fingerprint density at radius 3 is 1.98 bits per heavy atom. The number of anilines is 2. The van der Waals surface area contributed by atoms with Crippen LogP contribution in [0.2, 0.25) is 0 Å². The van der Waals surface area contributed by atoms with Crippen molar-refractivity contribution in [1.82, 2.24) is 14.9 Å². The number of aryl methyl sites for hydroxylation is 1. The average Bonchev–Trinajstić information content (AvgIpc) is 3.10. The number of hydrogen-bond donors (Lipinski definition) is 1. The Morgan fingerprint density at radius 1 is 0.896 bits per heavy atom. The van der Waals surface area contributed by atoms with Crippen molar-refractivity contribution in [2.75, 3.05) is 37.4 Å². The molecule has 0 aliphatic carbocycles. The summed E-state index contributed by atoms with van der Waals surface area (Å²) in [6.45, 7) is 23.5. The maximum absolute atomic E-state index is 13.4. The summed E-state index contributed by atoms with van der Waals surface area (Å²) in [6.07, 6.45) is 8.43. The second-order valence-electron chi connectivity index (χ2n) is 11.9. The summed E-state index contributed by atoms with van der Waals surface area (Å²) in [5.74, 6) is 0.844. The topological polar surface area (TPSA) is 78.4 Å². The standard InChI is InChI=1S/C22H30N4O2.C15H25N.2C2H6/c1-6-15(3)11-12-26(19-10-8-9-18(13-19)17(5)27)21(28)20-14-24-22(23-7-2)25-16(20)4;1-5-12-15(13-6-2,16(3)4)14-10-8-7-9-11-14;2*1-2/h8-10,13-15H,6-7,11-12H2,1-5H3,(H,23,24,25);7-11H,5-6,12-13H2,1-4H3;2*1-2H3. The largest absolute Gasteiger partial charge is 0.354 e. The second kappa shape index (κ2) is 24.5. The van der Waals surface area contributed by atoms with Crippen LogP contribution in [-0.2, 0) is 5.54 Å². The number of hydrogen-bond acceptors (Lipinski definition) is 6. The predicted octanol–water partition coefficient (Wildman–Crippen LogP) is 10.6. The highest BCUT2D eigenvalue weighted by atomic mass is 16.2. The Morgan fingerprint density at radius 2 is 1.50 bits per heavy atom. The first-order chi connectivity index (χ1) is 23.0. The van der Waals surface area contributed by atoms with Crippen LogP contribution in [0.5, 0.6) is 0 Å². The van der Waals surface area contributed by atoms with Gasteiger partial charge in [-0.05, 0) is 77.7 Å². The maximum Gasteiger partial charge on any atom is 0.261 e. The fourth-order valence-electron chi connectivity index (χ4n) is 5.55. The SMILES string of the molecule is CC.CC.CCCC(CCC)(c1ccccc1)N(C)C.CCNc1ncc(C(=O)N(CCC(C)CC)c2cccc(C(C)=O)c2)c(C)n1. The number of Topliss-reactive ketones (excluding diaryl/α,β-unsaturated/α-hetero) is 1. The van der Waals surface area contributed by atoms with E-state index in [0.717, 1.165) is 18.5 Å². The number of aromatic nitrogens is 2. The third-order valence-electron chi connectivity index (χ3n) is 8.39. The second-order valence-corrected chi connectivity index (χ2v) is 11.9. The molecule has 3 rings (SSSR count). The first kappa shape index (κ1) is 44.4. The molecule has 0 aliphatic heterocycles. The summed E-state index contributed by atoms with van der Waals surface area (Å²) < 4.78 is 0. The van der Waals surface area contributed by atoms with E-state index in [2.05, 4.69) is 92.3 Å². The fraction of sp³-hybridized carbons (Fsp3) is 0.561. The van der Waals surface area contributed by atoms with Gasteiger partial charge in [-0.15, -0.1) is 0 Å². The molecule has 0 aliphatic rings. The Balaban J connectivity index is 0.000000937. The Hall–Kier alpha value is -3.58. The van der Waals surface area contributed by atoms with Gasteiger partial charge in [0.25, 0.3) is 5.91 Å². The van der Waals surface area contributed by atoms with Crippen molar-refractivity contribution < 1.29 is 9.59 Å². The molecule has 0 saturated carbocycles. The van der Waals surface area contributed by atoms with Crippen molar-refractivity contribution in [1.29, 1.82) is 0 Å². The Labute approximate surface area is 294 Å². The zero-order chi connectivity index (χ0) is 36.7. The molecule has 48 heavy (non-hydrogen) atoms. The van der Waals surface area contributed by atoms with Crippen molar-refractivity contribution in [2.24, 2.45) is 5.92 Å². The molecular formula is C41H67N5O2. The van der Waals surface area contributed by atoms with E-state index in [4.69, 9.17) is 0 Å². The molecule has 0 fully saturated rings. The van der Waals surface area contributed by atoms with Gasteiger partial charge in [0.2, 0.25) is 5.95 Å². The van der Waals surface area contributed by atoms with Crippen LogP contribution in [0, 0.1) is 12.8 Å². The number of carbonyl (C=O) groups excluding carboxylic acids is 2. The molecule has 0 radical (unpaired) electrons. The lowest BCUT2D eigenvalue weighted by Crippen LogP contribution is -2.41. The van der Waals surface area contributed by atoms with Gasteiger partial charge in [-0.25, -0.2) is 9.97 Å². The molecule has 0 bridgehead atoms. The van der Waals surface area contributed by atoms with Crippen molar-refractivity contribution >= 4 is 23.3 Å². The van der Waals surface area contributed by atoms with Crippen LogP contribution >= 0.6 is 0 Å². The van der Waals surface area contributed by atoms with Gasteiger partial charge in [0.15, 0.2) is 5.78 Å². The minimum Gasteiger partial charge on any atom is -0.354 e. The van der Waals surface area contributed by atoms with E-state index >= 15 is 0 Å². The molecular weight excluding hydrogens is 594 g/mol. The van der Waals surface area contributed by atoms with Gasteiger partial charge in [-0.2, -0.15) is 0 Å². The Kier molecular flexibility index (Phi) is 22.7. The number of carbonyl (C=O) groups is 2. The molecule has 1 N–H and O–H groups in total. The van der Waals surface area contributed by atoms with Crippen molar-refractivity contribution in [3.05, 3.63) is 83.2 Å². The molecule has 268 valence electrons. The van der Waals surface area contributed by atoms with E-state index in [1.807, 2.05) is 53.7 Å². The fourth-order valence-corrected chi connectivity index (χ4v) is 5.55. The molecule has 1 atom stereocenters. The Bertz CT molecular complexity index is 1300. The molecule has 0 spiro atoms. The van der Waals surface area contributed by atoms with E-state index in [0.29, 0.717) is 41.8 Å². The minimum absolute atomic E-state index is 0.0225. The van der Waals surface area contributed by atoms with Gasteiger partial charge in [0.1, 0.15) is 0 Å². The van der Waals surface area contributed by atoms with Crippen LogP contribution in [0.15, 0.2) is 60.8 Å². The summed E-state index contributed by atoms with van der Waals surface area (Å²) in [5, 5.41) is 3.06. The molecule has 2 aromatic carbocycles. The van der Waals surface area contributed by atoms with Gasteiger partial charge in [0, 0.05) is 36.1 Å². The third-order valence-corrected chi connectivity index (χ3v) is 8.39. The van der Waals surface area contributed by atoms with Gasteiger partial charge < -0.3 is 10.2 Å². The lowest BCUT2D eigenvalue weighted by Gasteiger charge is -2.40. The number of rotatable bonds is 15. The maximum atomic E-state index is 13.4. The highest BCUT2D eigenvalue weighted by molar-refractivity contribution is 6.07. The average molecular weight is 662 g/mol. The van der Waals surface area contributed by atoms with E-state index in [1.54, 1.807) is 23.2 Å². The van der Waals surface area contributed by atoms with E-state index in [1.165, 1.54) is 38.2 Å². The van der Waals surface area contributed by atoms with E-state index in [9.17, 15) is 9.59 Å². The lowest BCUT2D eigenvalue weighted by atomic mass is 9.80. The zero-order valence-corrected chi connectivity index (χ0v) is 32.6. The van der Waals surface area contributed by atoms with Gasteiger partial charge >= 0.3 is 0 Å². The van der Waals surface area contributed by atoms with Gasteiger partial charge in [-0.1, -0.05) is 117 Å². The quantitative estimate of drug-likeness (QED) is 0.163. The molecule has 1 amide bonds. The number of ketones is 1. The number of benzene rings is 2. The van der Waals surface area contributed by atoms with Crippen LogP contribution in [0.4, 0.5) is 11.6 Å². The minimum atomic E-state index is -0.149. The highest BCUT2D eigenvalue weighted by Gasteiger charge is 2.32. The monoisotopic (exact) mass is 662 g/mol. The summed E-state index contributed by atoms with van der Waals surface area (Å²) in [5.41, 5.74) is 4.10. The normalized spacial score (nSPS) is 11.1. The molecule has 7 nitrogen and oxygen atoms in total. The first-order valence-electron chi connectivity index (χ1n) is 18.3. The van der Waals surface area contributed by atoms with Crippen LogP contribution in [0.3, 0.4) is 0 Å². The van der Waals surface area contributed by atoms with Gasteiger partial charge in [0.05, 0.1) is 11.3 Å². The van der Waals surface area contributed by atoms with Crippen molar-refractivity contribution in [3.8, 4) is 0 Å². The molecule has 7 heteroatoms. The van der Waals surface area contributed by atoms with Crippen molar-refractivity contribution in [3.63, 3.8) is 0 Å². The number of amides is 1. The summed E-state index contributed by atoms with van der Waals surface area (Å²) >= 11 is 0. The van der Waals surface area contributed by atoms with Crippen LogP contribution in [0.25, 0.3) is 0 Å². The molecule has 0 saturated heterocycles. The van der Waals surface area contributed by atoms with E-state index in [-0.39, 0.29) is 17.2 Å². The van der Waals surface area contributed by atoms with E-state index < -0.39 is 0 Å². The molecule has 1 aromatic heterocycles. The smallest absolute Gasteiger partial charge is 0.261 e. The summed E-state index contributed by atoms with van der Waals surface area (Å²) in [7, 11) is 4.41. The van der Waals surface area contributed by atoms with Crippen LogP contribution in [0.1, 0.15) is 140 Å². The number of nitrogens with one attached hydrogen (secondary N) is 1. The number of nitrogens with zero attached hydrogens (tertiary/aromatic N) is 4. The van der Waals surface area contributed by atoms with Gasteiger partial charge in [-0.3, -0.25) is 14.5 Å². The van der Waals surface area contributed by atoms with Crippen LogP contribution in [-0.4, -0.2) is 53.7 Å². The highest BCUT2D eigenvalue weighted by Crippen LogP contribution is 2.36. The zero-order valence-electron chi connectivity index (χ0n) is 32.6. The lowest BCUT2D eigenvalue weighted by molar-refractivity contribution is 0.0980. The molecule has 1 unspecified atom stereocenters. The predicted molar refractivity (Wildman–Crippen MR) is 207 cm³/mol.